The van der Waals surface area contributed by atoms with Gasteiger partial charge < -0.3 is 9.47 Å². The number of benzene rings is 2. The van der Waals surface area contributed by atoms with Crippen LogP contribution in [0.1, 0.15) is 19.4 Å². The molecule has 7 heteroatoms. The minimum Gasteiger partial charge on any atom is -0.493 e. The molecule has 0 atom stereocenters. The Kier molecular flexibility index (Phi) is 6.80. The van der Waals surface area contributed by atoms with Crippen molar-refractivity contribution in [1.29, 1.82) is 0 Å². The lowest BCUT2D eigenvalue weighted by Crippen LogP contribution is -2.27. The van der Waals surface area contributed by atoms with Gasteiger partial charge in [0.1, 0.15) is 0 Å². The molecule has 0 saturated carbocycles. The predicted molar refractivity (Wildman–Crippen MR) is 123 cm³/mol. The smallest absolute Gasteiger partial charge is 0.270 e. The summed E-state index contributed by atoms with van der Waals surface area (Å²) in [7, 11) is 1.61. The minimum atomic E-state index is -0.128. The summed E-state index contributed by atoms with van der Waals surface area (Å²) in [5.74, 6) is 1.62. The van der Waals surface area contributed by atoms with Crippen molar-refractivity contribution in [2.45, 2.75) is 13.8 Å². The number of thiocarbonyl (C=S) groups is 1. The maximum atomic E-state index is 12.9. The summed E-state index contributed by atoms with van der Waals surface area (Å²) in [5.41, 5.74) is 1.61. The van der Waals surface area contributed by atoms with Gasteiger partial charge in [-0.1, -0.05) is 59.8 Å². The Balaban J connectivity index is 1.84. The molecule has 0 N–H and O–H groups in total. The highest BCUT2D eigenvalue weighted by Gasteiger charge is 2.33. The largest absolute Gasteiger partial charge is 0.493 e. The summed E-state index contributed by atoms with van der Waals surface area (Å²) in [4.78, 5) is 15.0. The van der Waals surface area contributed by atoms with Crippen LogP contribution in [0.25, 0.3) is 6.08 Å². The van der Waals surface area contributed by atoms with E-state index in [1.807, 2.05) is 48.5 Å². The van der Waals surface area contributed by atoms with Gasteiger partial charge in [0.05, 0.1) is 24.3 Å². The molecule has 1 fully saturated rings. The molecule has 0 bridgehead atoms. The lowest BCUT2D eigenvalue weighted by molar-refractivity contribution is -0.113. The van der Waals surface area contributed by atoms with Crippen LogP contribution in [0.4, 0.5) is 5.69 Å². The van der Waals surface area contributed by atoms with Gasteiger partial charge in [0.2, 0.25) is 0 Å². The number of hydrogen-bond acceptors (Lipinski definition) is 5. The first-order valence-corrected chi connectivity index (χ1v) is 10.7. The van der Waals surface area contributed by atoms with Crippen LogP contribution < -0.4 is 14.4 Å². The normalized spacial score (nSPS) is 15.6. The van der Waals surface area contributed by atoms with E-state index in [0.717, 1.165) is 15.7 Å². The molecule has 1 heterocycles. The van der Waals surface area contributed by atoms with E-state index in [1.54, 1.807) is 12.0 Å². The molecule has 28 heavy (non-hydrogen) atoms. The SMILES string of the molecule is COc1cc(C=C2SC(=S)N(c3ccc(Br)cc3)C2=O)ccc1OCC(C)C. The van der Waals surface area contributed by atoms with Crippen LogP contribution in [-0.2, 0) is 4.79 Å². The van der Waals surface area contributed by atoms with E-state index in [1.165, 1.54) is 11.8 Å². The number of amides is 1. The number of methoxy groups -OCH3 is 1. The van der Waals surface area contributed by atoms with E-state index in [-0.39, 0.29) is 5.91 Å². The van der Waals surface area contributed by atoms with Crippen LogP contribution in [-0.4, -0.2) is 23.9 Å². The number of halogens is 1. The molecular formula is C21H20BrNO3S2. The number of hydrogen-bond donors (Lipinski definition) is 0. The van der Waals surface area contributed by atoms with Crippen molar-refractivity contribution in [1.82, 2.24) is 0 Å². The third-order valence-electron chi connectivity index (χ3n) is 3.94. The van der Waals surface area contributed by atoms with Gasteiger partial charge >= 0.3 is 0 Å². The van der Waals surface area contributed by atoms with E-state index in [9.17, 15) is 4.79 Å². The van der Waals surface area contributed by atoms with Gasteiger partial charge in [-0.05, 0) is 54.0 Å². The molecule has 0 spiro atoms. The standard InChI is InChI=1S/C21H20BrNO3S2/c1-13(2)12-26-17-9-4-14(10-18(17)25-3)11-19-20(24)23(21(27)28-19)16-7-5-15(22)6-8-16/h4-11,13H,12H2,1-3H3. The first-order chi connectivity index (χ1) is 13.4. The highest BCUT2D eigenvalue weighted by atomic mass is 79.9. The highest BCUT2D eigenvalue weighted by molar-refractivity contribution is 9.10. The van der Waals surface area contributed by atoms with E-state index in [4.69, 9.17) is 21.7 Å². The van der Waals surface area contributed by atoms with Gasteiger partial charge in [0, 0.05) is 4.47 Å². The van der Waals surface area contributed by atoms with Gasteiger partial charge in [-0.25, -0.2) is 0 Å². The molecule has 0 radical (unpaired) electrons. The molecule has 0 aliphatic carbocycles. The number of rotatable bonds is 6. The van der Waals surface area contributed by atoms with Gasteiger partial charge in [0.25, 0.3) is 5.91 Å². The molecule has 0 aromatic heterocycles. The molecule has 146 valence electrons. The van der Waals surface area contributed by atoms with E-state index < -0.39 is 0 Å². The second-order valence-electron chi connectivity index (χ2n) is 6.61. The van der Waals surface area contributed by atoms with Crippen LogP contribution in [0, 0.1) is 5.92 Å². The number of carbonyl (C=O) groups excluding carboxylic acids is 1. The third kappa shape index (κ3) is 4.77. The summed E-state index contributed by atoms with van der Waals surface area (Å²) in [5, 5.41) is 0. The number of ether oxygens (including phenoxy) is 2. The lowest BCUT2D eigenvalue weighted by Gasteiger charge is -2.14. The van der Waals surface area contributed by atoms with Gasteiger partial charge in [-0.2, -0.15) is 0 Å². The molecule has 4 nitrogen and oxygen atoms in total. The fraction of sp³-hybridized carbons (Fsp3) is 0.238. The van der Waals surface area contributed by atoms with E-state index in [0.29, 0.717) is 33.2 Å². The molecule has 2 aromatic carbocycles. The Morgan fingerprint density at radius 2 is 1.89 bits per heavy atom. The Bertz CT molecular complexity index is 926. The summed E-state index contributed by atoms with van der Waals surface area (Å²) >= 11 is 10.1. The average molecular weight is 478 g/mol. The quantitative estimate of drug-likeness (QED) is 0.382. The van der Waals surface area contributed by atoms with E-state index in [2.05, 4.69) is 29.8 Å². The van der Waals surface area contributed by atoms with Crippen molar-refractivity contribution in [2.24, 2.45) is 5.92 Å². The number of thioether (sulfide) groups is 1. The van der Waals surface area contributed by atoms with Crippen molar-refractivity contribution in [3.05, 3.63) is 57.4 Å². The van der Waals surface area contributed by atoms with E-state index >= 15 is 0 Å². The van der Waals surface area contributed by atoms with Gasteiger partial charge in [-0.15, -0.1) is 0 Å². The van der Waals surface area contributed by atoms with Crippen LogP contribution in [0.3, 0.4) is 0 Å². The van der Waals surface area contributed by atoms with Gasteiger partial charge in [-0.3, -0.25) is 9.69 Å². The van der Waals surface area contributed by atoms with Gasteiger partial charge in [0.15, 0.2) is 15.8 Å². The second-order valence-corrected chi connectivity index (χ2v) is 9.20. The summed E-state index contributed by atoms with van der Waals surface area (Å²) < 4.78 is 12.7. The molecule has 1 amide bonds. The first-order valence-electron chi connectivity index (χ1n) is 8.73. The zero-order chi connectivity index (χ0) is 20.3. The van der Waals surface area contributed by atoms with Crippen molar-refractivity contribution in [3.8, 4) is 11.5 Å². The Morgan fingerprint density at radius 3 is 2.54 bits per heavy atom. The molecule has 0 unspecified atom stereocenters. The fourth-order valence-corrected chi connectivity index (χ4v) is 4.14. The van der Waals surface area contributed by atoms with Crippen molar-refractivity contribution in [3.63, 3.8) is 0 Å². The fourth-order valence-electron chi connectivity index (χ4n) is 2.58. The highest BCUT2D eigenvalue weighted by Crippen LogP contribution is 2.37. The number of carbonyl (C=O) groups is 1. The molecule has 1 aliphatic heterocycles. The summed E-state index contributed by atoms with van der Waals surface area (Å²) in [6.07, 6.45) is 1.83. The molecular weight excluding hydrogens is 458 g/mol. The summed E-state index contributed by atoms with van der Waals surface area (Å²) in [6, 6.07) is 13.1. The predicted octanol–water partition coefficient (Wildman–Crippen LogP) is 5.90. The maximum Gasteiger partial charge on any atom is 0.270 e. The average Bonchev–Trinajstić information content (AvgIpc) is 2.94. The van der Waals surface area contributed by atoms with Crippen LogP contribution in [0.2, 0.25) is 0 Å². The van der Waals surface area contributed by atoms with Crippen LogP contribution in [0.15, 0.2) is 51.8 Å². The Morgan fingerprint density at radius 1 is 1.18 bits per heavy atom. The number of nitrogens with zero attached hydrogens (tertiary/aromatic N) is 1. The Hall–Kier alpha value is -1.83. The van der Waals surface area contributed by atoms with Crippen molar-refractivity contribution >= 4 is 61.9 Å². The third-order valence-corrected chi connectivity index (χ3v) is 5.77. The number of anilines is 1. The lowest BCUT2D eigenvalue weighted by atomic mass is 10.1. The van der Waals surface area contributed by atoms with Crippen LogP contribution in [0.5, 0.6) is 11.5 Å². The first kappa shape index (κ1) is 20.9. The summed E-state index contributed by atoms with van der Waals surface area (Å²) in [6.45, 7) is 4.80. The monoisotopic (exact) mass is 477 g/mol. The minimum absolute atomic E-state index is 0.128. The molecule has 2 aromatic rings. The van der Waals surface area contributed by atoms with Crippen molar-refractivity contribution in [2.75, 3.05) is 18.6 Å². The van der Waals surface area contributed by atoms with Crippen LogP contribution >= 0.6 is 39.9 Å². The molecule has 3 rings (SSSR count). The van der Waals surface area contributed by atoms with Crippen molar-refractivity contribution < 1.29 is 14.3 Å². The topological polar surface area (TPSA) is 38.8 Å². The zero-order valence-electron chi connectivity index (χ0n) is 15.8. The Labute approximate surface area is 183 Å². The maximum absolute atomic E-state index is 12.9. The molecule has 1 saturated heterocycles. The zero-order valence-corrected chi connectivity index (χ0v) is 19.0. The second kappa shape index (κ2) is 9.11. The molecule has 1 aliphatic rings.